The van der Waals surface area contributed by atoms with E-state index >= 15 is 0 Å². The summed E-state index contributed by atoms with van der Waals surface area (Å²) >= 11 is 0. The van der Waals surface area contributed by atoms with Crippen LogP contribution in [0.25, 0.3) is 6.08 Å². The van der Waals surface area contributed by atoms with Gasteiger partial charge in [-0.2, -0.15) is 26.3 Å². The van der Waals surface area contributed by atoms with Gasteiger partial charge in [-0.1, -0.05) is 12.1 Å². The molecule has 36 heavy (non-hydrogen) atoms. The van der Waals surface area contributed by atoms with Crippen molar-refractivity contribution < 1.29 is 35.1 Å². The number of hydrogen-bond donors (Lipinski definition) is 2. The summed E-state index contributed by atoms with van der Waals surface area (Å²) in [5.74, 6) is -2.36. The smallest absolute Gasteiger partial charge is 0.370 e. The first-order valence-electron chi connectivity index (χ1n) is 10.2. The maximum absolute atomic E-state index is 14.8. The summed E-state index contributed by atoms with van der Waals surface area (Å²) in [7, 11) is 1.70. The fourth-order valence-corrected chi connectivity index (χ4v) is 4.07. The number of nitrogens with one attached hydrogen (secondary N) is 1. The number of halogens is 9. The molecule has 2 aromatic carbocycles. The van der Waals surface area contributed by atoms with Crippen LogP contribution in [0.15, 0.2) is 58.2 Å². The van der Waals surface area contributed by atoms with Gasteiger partial charge in [0.2, 0.25) is 0 Å². The van der Waals surface area contributed by atoms with Crippen molar-refractivity contribution in [3.8, 4) is 0 Å². The molecule has 4 nitrogen and oxygen atoms in total. The minimum Gasteiger partial charge on any atom is -0.370 e. The number of rotatable bonds is 2. The molecule has 0 aromatic heterocycles. The molecule has 2 aliphatic heterocycles. The quantitative estimate of drug-likeness (QED) is 0.485. The standard InChI is InChI=1S/C23H18F8N4.ClH/c1-35-9-12(6-11-2-3-13(7-17(11)24)22(26,27)28)19-16(10-35)20(34-21(32)33-19)15-5-4-14(8-18(15)25)23(29,30)31;/h2-8,20H,9-10H2,1H3,(H3,32,33,34);1H/b12-6+;. The average molecular weight is 539 g/mol. The Hall–Kier alpha value is -3.12. The lowest BCUT2D eigenvalue weighted by Gasteiger charge is -2.36. The lowest BCUT2D eigenvalue weighted by atomic mass is 9.89. The van der Waals surface area contributed by atoms with Crippen molar-refractivity contribution in [3.63, 3.8) is 0 Å². The topological polar surface area (TPSA) is 53.6 Å². The van der Waals surface area contributed by atoms with E-state index in [0.717, 1.165) is 24.3 Å². The second-order valence-corrected chi connectivity index (χ2v) is 8.25. The zero-order valence-electron chi connectivity index (χ0n) is 18.4. The highest BCUT2D eigenvalue weighted by Crippen LogP contribution is 2.39. The number of aliphatic imine (C=N–C) groups is 1. The second kappa shape index (κ2) is 9.74. The number of nitrogens with zero attached hydrogens (tertiary/aromatic N) is 2. The summed E-state index contributed by atoms with van der Waals surface area (Å²) in [4.78, 5) is 5.94. The summed E-state index contributed by atoms with van der Waals surface area (Å²) in [6, 6.07) is 3.19. The summed E-state index contributed by atoms with van der Waals surface area (Å²) in [6.07, 6.45) is -8.10. The Morgan fingerprint density at radius 2 is 1.53 bits per heavy atom. The molecule has 2 aliphatic rings. The number of likely N-dealkylation sites (N-methyl/N-ethyl adjacent to an activating group) is 1. The molecule has 13 heteroatoms. The Morgan fingerprint density at radius 1 is 0.944 bits per heavy atom. The van der Waals surface area contributed by atoms with Crippen LogP contribution in [0.4, 0.5) is 35.1 Å². The largest absolute Gasteiger partial charge is 0.416 e. The number of alkyl halides is 6. The second-order valence-electron chi connectivity index (χ2n) is 8.25. The number of benzene rings is 2. The number of guanidine groups is 1. The van der Waals surface area contributed by atoms with Crippen LogP contribution in [0.2, 0.25) is 0 Å². The summed E-state index contributed by atoms with van der Waals surface area (Å²) < 4.78 is 107. The molecule has 0 saturated heterocycles. The highest BCUT2D eigenvalue weighted by Gasteiger charge is 2.36. The first kappa shape index (κ1) is 27.5. The molecular weight excluding hydrogens is 520 g/mol. The maximum atomic E-state index is 14.8. The van der Waals surface area contributed by atoms with Gasteiger partial charge in [0.1, 0.15) is 17.7 Å². The van der Waals surface area contributed by atoms with E-state index in [1.165, 1.54) is 6.08 Å². The molecule has 0 bridgehead atoms. The molecule has 194 valence electrons. The van der Waals surface area contributed by atoms with Crippen LogP contribution in [0.3, 0.4) is 0 Å². The van der Waals surface area contributed by atoms with Crippen LogP contribution in [0.5, 0.6) is 0 Å². The molecule has 0 aliphatic carbocycles. The van der Waals surface area contributed by atoms with E-state index in [2.05, 4.69) is 10.3 Å². The third kappa shape index (κ3) is 5.49. The zero-order valence-corrected chi connectivity index (χ0v) is 19.3. The fourth-order valence-electron chi connectivity index (χ4n) is 4.07. The van der Waals surface area contributed by atoms with E-state index in [9.17, 15) is 35.1 Å². The SMILES string of the molecule is CN1CC2=C(NC(N)=NC2c2ccc(C(F)(F)F)cc2F)/C(=C/c2ccc(C(F)(F)F)cc2F)C1.Cl. The molecular formula is C23H19ClF8N4. The first-order chi connectivity index (χ1) is 16.2. The van der Waals surface area contributed by atoms with Crippen molar-refractivity contribution in [1.29, 1.82) is 0 Å². The van der Waals surface area contributed by atoms with Crippen molar-refractivity contribution >= 4 is 24.4 Å². The predicted molar refractivity (Wildman–Crippen MR) is 120 cm³/mol. The normalized spacial score (nSPS) is 20.0. The molecule has 2 heterocycles. The lowest BCUT2D eigenvalue weighted by molar-refractivity contribution is -0.138. The molecule has 4 rings (SSSR count). The van der Waals surface area contributed by atoms with Crippen LogP contribution >= 0.6 is 12.4 Å². The van der Waals surface area contributed by atoms with Gasteiger partial charge in [0.05, 0.1) is 11.1 Å². The molecule has 2 aromatic rings. The van der Waals surface area contributed by atoms with Crippen LogP contribution in [-0.4, -0.2) is 31.0 Å². The third-order valence-corrected chi connectivity index (χ3v) is 5.65. The van der Waals surface area contributed by atoms with Gasteiger partial charge >= 0.3 is 12.4 Å². The van der Waals surface area contributed by atoms with Crippen molar-refractivity contribution in [2.75, 3.05) is 20.1 Å². The molecule has 0 saturated carbocycles. The monoisotopic (exact) mass is 538 g/mol. The van der Waals surface area contributed by atoms with Gasteiger partial charge in [-0.05, 0) is 48.5 Å². The van der Waals surface area contributed by atoms with Gasteiger partial charge in [0, 0.05) is 29.9 Å². The molecule has 0 fully saturated rings. The van der Waals surface area contributed by atoms with E-state index < -0.39 is 41.2 Å². The Bertz CT molecular complexity index is 1260. The molecule has 1 unspecified atom stereocenters. The van der Waals surface area contributed by atoms with E-state index in [1.54, 1.807) is 11.9 Å². The number of nitrogens with two attached hydrogens (primary N) is 1. The van der Waals surface area contributed by atoms with Crippen molar-refractivity contribution in [3.05, 3.63) is 87.1 Å². The zero-order chi connectivity index (χ0) is 25.7. The maximum Gasteiger partial charge on any atom is 0.416 e. The van der Waals surface area contributed by atoms with E-state index in [0.29, 0.717) is 29.0 Å². The van der Waals surface area contributed by atoms with Crippen molar-refractivity contribution in [2.24, 2.45) is 10.7 Å². The summed E-state index contributed by atoms with van der Waals surface area (Å²) in [5.41, 5.74) is 4.59. The minimum atomic E-state index is -4.73. The average Bonchev–Trinajstić information content (AvgIpc) is 2.74. The van der Waals surface area contributed by atoms with Gasteiger partial charge in [0.15, 0.2) is 5.96 Å². The third-order valence-electron chi connectivity index (χ3n) is 5.65. The molecule has 0 amide bonds. The van der Waals surface area contributed by atoms with Gasteiger partial charge in [-0.25, -0.2) is 13.8 Å². The van der Waals surface area contributed by atoms with E-state index in [-0.39, 0.29) is 42.6 Å². The van der Waals surface area contributed by atoms with Crippen molar-refractivity contribution in [1.82, 2.24) is 10.2 Å². The fraction of sp³-hybridized carbons (Fsp3) is 0.261. The van der Waals surface area contributed by atoms with Gasteiger partial charge < -0.3 is 11.1 Å². The Labute approximate surface area is 206 Å². The Morgan fingerprint density at radius 3 is 2.08 bits per heavy atom. The predicted octanol–water partition coefficient (Wildman–Crippen LogP) is 5.67. The van der Waals surface area contributed by atoms with E-state index in [4.69, 9.17) is 5.73 Å². The molecule has 1 atom stereocenters. The van der Waals surface area contributed by atoms with Gasteiger partial charge in [0.25, 0.3) is 0 Å². The minimum absolute atomic E-state index is 0. The van der Waals surface area contributed by atoms with Gasteiger partial charge in [-0.3, -0.25) is 4.90 Å². The lowest BCUT2D eigenvalue weighted by Crippen LogP contribution is -2.43. The highest BCUT2D eigenvalue weighted by molar-refractivity contribution is 5.85. The highest BCUT2D eigenvalue weighted by atomic mass is 35.5. The summed E-state index contributed by atoms with van der Waals surface area (Å²) in [6.45, 7) is 0.471. The van der Waals surface area contributed by atoms with Crippen LogP contribution in [-0.2, 0) is 12.4 Å². The van der Waals surface area contributed by atoms with Crippen LogP contribution in [0.1, 0.15) is 28.3 Å². The number of hydrogen-bond acceptors (Lipinski definition) is 4. The summed E-state index contributed by atoms with van der Waals surface area (Å²) in [5, 5.41) is 2.83. The van der Waals surface area contributed by atoms with Crippen LogP contribution in [0, 0.1) is 11.6 Å². The Balaban J connectivity index is 0.00000361. The van der Waals surface area contributed by atoms with Crippen LogP contribution < -0.4 is 11.1 Å². The molecule has 3 N–H and O–H groups in total. The van der Waals surface area contributed by atoms with E-state index in [1.807, 2.05) is 0 Å². The molecule has 0 spiro atoms. The Kier molecular flexibility index (Phi) is 7.43. The molecule has 0 radical (unpaired) electrons. The van der Waals surface area contributed by atoms with Gasteiger partial charge in [-0.15, -0.1) is 12.4 Å². The first-order valence-corrected chi connectivity index (χ1v) is 10.2. The van der Waals surface area contributed by atoms with Crippen molar-refractivity contribution in [2.45, 2.75) is 18.4 Å².